The Morgan fingerprint density at radius 2 is 2.06 bits per heavy atom. The van der Waals surface area contributed by atoms with Gasteiger partial charge in [-0.25, -0.2) is 9.97 Å². The van der Waals surface area contributed by atoms with E-state index >= 15 is 0 Å². The van der Waals surface area contributed by atoms with Crippen LogP contribution in [0.25, 0.3) is 0 Å². The zero-order valence-corrected chi connectivity index (χ0v) is 10.5. The highest BCUT2D eigenvalue weighted by molar-refractivity contribution is 7.12. The highest BCUT2D eigenvalue weighted by atomic mass is 32.1. The van der Waals surface area contributed by atoms with Crippen molar-refractivity contribution in [2.75, 3.05) is 5.32 Å². The molecule has 1 unspecified atom stereocenters. The molecular formula is C12H15N3S. The van der Waals surface area contributed by atoms with Crippen molar-refractivity contribution in [3.63, 3.8) is 0 Å². The third kappa shape index (κ3) is 2.58. The van der Waals surface area contributed by atoms with Crippen molar-refractivity contribution >= 4 is 17.3 Å². The van der Waals surface area contributed by atoms with E-state index in [1.54, 1.807) is 17.5 Å². The summed E-state index contributed by atoms with van der Waals surface area (Å²) in [5.41, 5.74) is 0.979. The fraction of sp³-hybridized carbons (Fsp3) is 0.333. The van der Waals surface area contributed by atoms with Gasteiger partial charge in [0.1, 0.15) is 0 Å². The zero-order chi connectivity index (χ0) is 11.5. The number of aromatic nitrogens is 2. The summed E-state index contributed by atoms with van der Waals surface area (Å²) in [6.45, 7) is 6.20. The molecule has 0 radical (unpaired) electrons. The fourth-order valence-corrected chi connectivity index (χ4v) is 2.35. The molecule has 4 heteroatoms. The van der Waals surface area contributed by atoms with Crippen LogP contribution in [-0.4, -0.2) is 9.97 Å². The van der Waals surface area contributed by atoms with Crippen LogP contribution < -0.4 is 5.32 Å². The molecule has 2 aromatic heterocycles. The van der Waals surface area contributed by atoms with E-state index in [0.717, 1.165) is 5.69 Å². The van der Waals surface area contributed by atoms with Gasteiger partial charge in [-0.1, -0.05) is 0 Å². The summed E-state index contributed by atoms with van der Waals surface area (Å²) in [5, 5.41) is 3.30. The summed E-state index contributed by atoms with van der Waals surface area (Å²) in [7, 11) is 0. The van der Waals surface area contributed by atoms with Gasteiger partial charge >= 0.3 is 0 Å². The second-order valence-corrected chi connectivity index (χ2v) is 5.16. The van der Waals surface area contributed by atoms with Crippen molar-refractivity contribution < 1.29 is 0 Å². The first-order chi connectivity index (χ1) is 7.65. The highest BCUT2D eigenvalue weighted by Gasteiger charge is 2.08. The molecule has 1 N–H and O–H groups in total. The van der Waals surface area contributed by atoms with Crippen molar-refractivity contribution in [2.24, 2.45) is 0 Å². The maximum atomic E-state index is 4.33. The number of nitrogens with zero attached hydrogens (tertiary/aromatic N) is 2. The molecule has 0 aromatic carbocycles. The topological polar surface area (TPSA) is 37.8 Å². The molecule has 0 aliphatic rings. The molecule has 3 nitrogen and oxygen atoms in total. The average Bonchev–Trinajstić information content (AvgIpc) is 2.65. The first kappa shape index (κ1) is 11.1. The second-order valence-electron chi connectivity index (χ2n) is 3.84. The van der Waals surface area contributed by atoms with Crippen molar-refractivity contribution in [3.05, 3.63) is 39.8 Å². The standard InChI is InChI=1S/C12H15N3S/c1-8-6-7-13-12(14-8)15-10(3)11-5-4-9(2)16-11/h4-7,10H,1-3H3,(H,13,14,15). The van der Waals surface area contributed by atoms with Crippen LogP contribution in [0.5, 0.6) is 0 Å². The molecule has 0 aliphatic carbocycles. The summed E-state index contributed by atoms with van der Waals surface area (Å²) in [4.78, 5) is 11.2. The Labute approximate surface area is 99.6 Å². The van der Waals surface area contributed by atoms with Crippen LogP contribution in [0.3, 0.4) is 0 Å². The smallest absolute Gasteiger partial charge is 0.223 e. The molecule has 0 bridgehead atoms. The van der Waals surface area contributed by atoms with Crippen molar-refractivity contribution in [3.8, 4) is 0 Å². The maximum absolute atomic E-state index is 4.33. The summed E-state index contributed by atoms with van der Waals surface area (Å²) in [6.07, 6.45) is 1.77. The van der Waals surface area contributed by atoms with Crippen LogP contribution in [0.4, 0.5) is 5.95 Å². The number of aryl methyl sites for hydroxylation is 2. The third-order valence-electron chi connectivity index (χ3n) is 2.33. The van der Waals surface area contributed by atoms with Gasteiger partial charge in [0, 0.05) is 21.6 Å². The van der Waals surface area contributed by atoms with E-state index in [1.165, 1.54) is 9.75 Å². The maximum Gasteiger partial charge on any atom is 0.223 e. The average molecular weight is 233 g/mol. The molecule has 0 fully saturated rings. The minimum atomic E-state index is 0.250. The molecule has 0 aliphatic heterocycles. The Bertz CT molecular complexity index is 479. The minimum absolute atomic E-state index is 0.250. The molecule has 0 amide bonds. The number of thiophene rings is 1. The highest BCUT2D eigenvalue weighted by Crippen LogP contribution is 2.24. The normalized spacial score (nSPS) is 12.4. The predicted octanol–water partition coefficient (Wildman–Crippen LogP) is 3.33. The molecule has 0 spiro atoms. The SMILES string of the molecule is Cc1ccnc(NC(C)c2ccc(C)s2)n1. The van der Waals surface area contributed by atoms with Gasteiger partial charge in [-0.2, -0.15) is 0 Å². The van der Waals surface area contributed by atoms with Crippen LogP contribution in [-0.2, 0) is 0 Å². The summed E-state index contributed by atoms with van der Waals surface area (Å²) >= 11 is 1.80. The molecule has 0 saturated heterocycles. The van der Waals surface area contributed by atoms with E-state index in [0.29, 0.717) is 5.95 Å². The number of rotatable bonds is 3. The molecule has 0 saturated carbocycles. The lowest BCUT2D eigenvalue weighted by Gasteiger charge is -2.11. The van der Waals surface area contributed by atoms with Crippen molar-refractivity contribution in [1.82, 2.24) is 9.97 Å². The number of anilines is 1. The molecule has 1 atom stereocenters. The van der Waals surface area contributed by atoms with E-state index < -0.39 is 0 Å². The lowest BCUT2D eigenvalue weighted by atomic mass is 10.3. The van der Waals surface area contributed by atoms with Crippen molar-refractivity contribution in [1.29, 1.82) is 0 Å². The van der Waals surface area contributed by atoms with E-state index in [2.05, 4.69) is 41.3 Å². The Balaban J connectivity index is 2.10. The Hall–Kier alpha value is -1.42. The van der Waals surface area contributed by atoms with Gasteiger partial charge in [0.05, 0.1) is 6.04 Å². The number of hydrogen-bond donors (Lipinski definition) is 1. The third-order valence-corrected chi connectivity index (χ3v) is 3.51. The van der Waals surface area contributed by atoms with Crippen LogP contribution in [0.1, 0.15) is 28.4 Å². The van der Waals surface area contributed by atoms with E-state index in [1.807, 2.05) is 13.0 Å². The van der Waals surface area contributed by atoms with E-state index in [4.69, 9.17) is 0 Å². The van der Waals surface area contributed by atoms with Gasteiger partial charge < -0.3 is 5.32 Å². The van der Waals surface area contributed by atoms with E-state index in [-0.39, 0.29) is 6.04 Å². The Morgan fingerprint density at radius 1 is 1.25 bits per heavy atom. The van der Waals surface area contributed by atoms with Crippen LogP contribution in [0, 0.1) is 13.8 Å². The Kier molecular flexibility index (Phi) is 3.19. The fourth-order valence-electron chi connectivity index (χ4n) is 1.47. The number of nitrogens with one attached hydrogen (secondary N) is 1. The lowest BCUT2D eigenvalue weighted by molar-refractivity contribution is 0.876. The van der Waals surface area contributed by atoms with Gasteiger partial charge in [0.2, 0.25) is 5.95 Å². The predicted molar refractivity (Wildman–Crippen MR) is 67.9 cm³/mol. The van der Waals surface area contributed by atoms with Gasteiger partial charge in [0.15, 0.2) is 0 Å². The van der Waals surface area contributed by atoms with Crippen molar-refractivity contribution in [2.45, 2.75) is 26.8 Å². The summed E-state index contributed by atoms with van der Waals surface area (Å²) in [5.74, 6) is 0.693. The van der Waals surface area contributed by atoms with E-state index in [9.17, 15) is 0 Å². The molecule has 2 aromatic rings. The summed E-state index contributed by atoms with van der Waals surface area (Å²) < 4.78 is 0. The molecule has 2 heterocycles. The first-order valence-corrected chi connectivity index (χ1v) is 6.09. The van der Waals surface area contributed by atoms with Gasteiger partial charge in [-0.15, -0.1) is 11.3 Å². The first-order valence-electron chi connectivity index (χ1n) is 5.27. The largest absolute Gasteiger partial charge is 0.347 e. The van der Waals surface area contributed by atoms with Gasteiger partial charge in [0.25, 0.3) is 0 Å². The lowest BCUT2D eigenvalue weighted by Crippen LogP contribution is -2.08. The molecule has 2 rings (SSSR count). The quantitative estimate of drug-likeness (QED) is 0.883. The minimum Gasteiger partial charge on any atom is -0.347 e. The molecular weight excluding hydrogens is 218 g/mol. The number of hydrogen-bond acceptors (Lipinski definition) is 4. The van der Waals surface area contributed by atoms with Gasteiger partial charge in [-0.3, -0.25) is 0 Å². The second kappa shape index (κ2) is 4.61. The molecule has 84 valence electrons. The van der Waals surface area contributed by atoms with Crippen LogP contribution >= 0.6 is 11.3 Å². The van der Waals surface area contributed by atoms with Gasteiger partial charge in [-0.05, 0) is 39.0 Å². The molecule has 16 heavy (non-hydrogen) atoms. The monoisotopic (exact) mass is 233 g/mol. The Morgan fingerprint density at radius 3 is 2.69 bits per heavy atom. The van der Waals surface area contributed by atoms with Crippen LogP contribution in [0.15, 0.2) is 24.4 Å². The summed E-state index contributed by atoms with van der Waals surface area (Å²) in [6, 6.07) is 6.42. The van der Waals surface area contributed by atoms with Crippen LogP contribution in [0.2, 0.25) is 0 Å². The zero-order valence-electron chi connectivity index (χ0n) is 9.69.